The van der Waals surface area contributed by atoms with Gasteiger partial charge in [0.05, 0.1) is 0 Å². The standard InChI is InChI=1S/C17H17FN4O/c18-14-8-4-1-5-11(14)9-15-21-16(13(10-19)17(23)22-15)20-12-6-2-3-7-12/h1,4-5,8,12H,2-3,6-7,9H2,(H2,20,21,22,23). The molecule has 0 amide bonds. The topological polar surface area (TPSA) is 81.6 Å². The summed E-state index contributed by atoms with van der Waals surface area (Å²) in [6.07, 6.45) is 4.44. The molecule has 0 radical (unpaired) electrons. The molecule has 2 N–H and O–H groups in total. The van der Waals surface area contributed by atoms with Crippen LogP contribution in [0, 0.1) is 17.1 Å². The molecule has 1 aromatic carbocycles. The van der Waals surface area contributed by atoms with Gasteiger partial charge in [0, 0.05) is 12.5 Å². The molecule has 1 aromatic heterocycles. The largest absolute Gasteiger partial charge is 0.366 e. The fraction of sp³-hybridized carbons (Fsp3) is 0.353. The van der Waals surface area contributed by atoms with Crippen molar-refractivity contribution in [2.24, 2.45) is 0 Å². The van der Waals surface area contributed by atoms with Crippen molar-refractivity contribution in [1.29, 1.82) is 5.26 Å². The first-order valence-electron chi connectivity index (χ1n) is 7.70. The summed E-state index contributed by atoms with van der Waals surface area (Å²) in [6, 6.07) is 8.50. The van der Waals surface area contributed by atoms with E-state index in [0.29, 0.717) is 17.2 Å². The normalized spacial score (nSPS) is 14.6. The highest BCUT2D eigenvalue weighted by Gasteiger charge is 2.19. The number of anilines is 1. The fourth-order valence-electron chi connectivity index (χ4n) is 2.90. The molecule has 3 rings (SSSR count). The summed E-state index contributed by atoms with van der Waals surface area (Å²) in [7, 11) is 0. The second-order valence-electron chi connectivity index (χ2n) is 5.74. The molecule has 0 aliphatic heterocycles. The minimum atomic E-state index is -0.491. The Morgan fingerprint density at radius 3 is 2.78 bits per heavy atom. The molecule has 1 aliphatic rings. The first-order valence-corrected chi connectivity index (χ1v) is 7.70. The van der Waals surface area contributed by atoms with E-state index in [1.54, 1.807) is 18.2 Å². The third kappa shape index (κ3) is 3.39. The third-order valence-electron chi connectivity index (χ3n) is 4.09. The zero-order valence-corrected chi connectivity index (χ0v) is 12.6. The molecular formula is C17H17FN4O. The molecule has 118 valence electrons. The van der Waals surface area contributed by atoms with Gasteiger partial charge in [-0.1, -0.05) is 31.0 Å². The number of benzene rings is 1. The van der Waals surface area contributed by atoms with Crippen molar-refractivity contribution in [3.63, 3.8) is 0 Å². The molecule has 1 heterocycles. The highest BCUT2D eigenvalue weighted by Crippen LogP contribution is 2.22. The van der Waals surface area contributed by atoms with Crippen LogP contribution in [0.25, 0.3) is 0 Å². The summed E-state index contributed by atoms with van der Waals surface area (Å²) in [5, 5.41) is 12.4. The van der Waals surface area contributed by atoms with Crippen LogP contribution in [0.2, 0.25) is 0 Å². The molecule has 23 heavy (non-hydrogen) atoms. The van der Waals surface area contributed by atoms with E-state index in [1.165, 1.54) is 6.07 Å². The second kappa shape index (κ2) is 6.61. The monoisotopic (exact) mass is 312 g/mol. The number of nitriles is 1. The van der Waals surface area contributed by atoms with Crippen LogP contribution in [-0.4, -0.2) is 16.0 Å². The number of aromatic amines is 1. The Bertz CT molecular complexity index is 803. The number of hydrogen-bond donors (Lipinski definition) is 2. The summed E-state index contributed by atoms with van der Waals surface area (Å²) >= 11 is 0. The molecule has 5 nitrogen and oxygen atoms in total. The second-order valence-corrected chi connectivity index (χ2v) is 5.74. The molecule has 0 bridgehead atoms. The van der Waals surface area contributed by atoms with E-state index in [4.69, 9.17) is 0 Å². The summed E-state index contributed by atoms with van der Waals surface area (Å²) in [6.45, 7) is 0. The van der Waals surface area contributed by atoms with Crippen LogP contribution >= 0.6 is 0 Å². The molecule has 1 saturated carbocycles. The predicted molar refractivity (Wildman–Crippen MR) is 84.7 cm³/mol. The number of rotatable bonds is 4. The molecule has 6 heteroatoms. The molecule has 1 aliphatic carbocycles. The minimum absolute atomic E-state index is 0.0193. The molecule has 0 unspecified atom stereocenters. The predicted octanol–water partition coefficient (Wildman–Crippen LogP) is 2.73. The maximum absolute atomic E-state index is 13.8. The van der Waals surface area contributed by atoms with Gasteiger partial charge in [0.25, 0.3) is 5.56 Å². The first-order chi connectivity index (χ1) is 11.2. The Labute approximate surface area is 133 Å². The van der Waals surface area contributed by atoms with Crippen LogP contribution in [0.15, 0.2) is 29.1 Å². The third-order valence-corrected chi connectivity index (χ3v) is 4.09. The van der Waals surface area contributed by atoms with Gasteiger partial charge in [-0.25, -0.2) is 9.37 Å². The Morgan fingerprint density at radius 2 is 2.09 bits per heavy atom. The zero-order valence-electron chi connectivity index (χ0n) is 12.6. The van der Waals surface area contributed by atoms with Gasteiger partial charge in [-0.05, 0) is 24.5 Å². The molecule has 0 atom stereocenters. The van der Waals surface area contributed by atoms with Gasteiger partial charge in [-0.2, -0.15) is 5.26 Å². The van der Waals surface area contributed by atoms with Crippen LogP contribution in [0.3, 0.4) is 0 Å². The van der Waals surface area contributed by atoms with E-state index in [9.17, 15) is 14.4 Å². The SMILES string of the molecule is N#Cc1c(NC2CCCC2)nc(Cc2ccccc2F)[nH]c1=O. The van der Waals surface area contributed by atoms with Crippen LogP contribution in [-0.2, 0) is 6.42 Å². The highest BCUT2D eigenvalue weighted by atomic mass is 19.1. The van der Waals surface area contributed by atoms with Crippen LogP contribution < -0.4 is 10.9 Å². The van der Waals surface area contributed by atoms with Crippen molar-refractivity contribution in [2.45, 2.75) is 38.1 Å². The molecule has 1 fully saturated rings. The summed E-state index contributed by atoms with van der Waals surface area (Å²) < 4.78 is 13.8. The van der Waals surface area contributed by atoms with Gasteiger partial charge in [-0.15, -0.1) is 0 Å². The lowest BCUT2D eigenvalue weighted by atomic mass is 10.1. The number of H-pyrrole nitrogens is 1. The summed E-state index contributed by atoms with van der Waals surface area (Å²) in [5.41, 5.74) is -0.0595. The van der Waals surface area contributed by atoms with Crippen molar-refractivity contribution >= 4 is 5.82 Å². The van der Waals surface area contributed by atoms with Gasteiger partial charge in [0.15, 0.2) is 11.4 Å². The van der Waals surface area contributed by atoms with Crippen molar-refractivity contribution in [1.82, 2.24) is 9.97 Å². The van der Waals surface area contributed by atoms with Crippen molar-refractivity contribution in [3.05, 3.63) is 57.4 Å². The minimum Gasteiger partial charge on any atom is -0.366 e. The van der Waals surface area contributed by atoms with E-state index >= 15 is 0 Å². The lowest BCUT2D eigenvalue weighted by molar-refractivity contribution is 0.612. The number of nitrogens with one attached hydrogen (secondary N) is 2. The average Bonchev–Trinajstić information content (AvgIpc) is 3.02. The first kappa shape index (κ1) is 15.2. The van der Waals surface area contributed by atoms with Crippen LogP contribution in [0.5, 0.6) is 0 Å². The Morgan fingerprint density at radius 1 is 1.35 bits per heavy atom. The smallest absolute Gasteiger partial charge is 0.271 e. The Hall–Kier alpha value is -2.68. The van der Waals surface area contributed by atoms with Crippen LogP contribution in [0.1, 0.15) is 42.6 Å². The number of halogens is 1. The van der Waals surface area contributed by atoms with Crippen LogP contribution in [0.4, 0.5) is 10.2 Å². The average molecular weight is 312 g/mol. The Balaban J connectivity index is 1.92. The summed E-state index contributed by atoms with van der Waals surface area (Å²) in [4.78, 5) is 19.0. The molecule has 0 saturated heterocycles. The van der Waals surface area contributed by atoms with Gasteiger partial charge < -0.3 is 10.3 Å². The van der Waals surface area contributed by atoms with Crippen molar-refractivity contribution in [3.8, 4) is 6.07 Å². The van der Waals surface area contributed by atoms with Crippen molar-refractivity contribution in [2.75, 3.05) is 5.32 Å². The Kier molecular flexibility index (Phi) is 4.38. The fourth-order valence-corrected chi connectivity index (χ4v) is 2.90. The number of nitrogens with zero attached hydrogens (tertiary/aromatic N) is 2. The van der Waals surface area contributed by atoms with E-state index < -0.39 is 5.56 Å². The zero-order chi connectivity index (χ0) is 16.2. The highest BCUT2D eigenvalue weighted by molar-refractivity contribution is 5.51. The molecular weight excluding hydrogens is 295 g/mol. The van der Waals surface area contributed by atoms with E-state index in [0.717, 1.165) is 25.7 Å². The molecule has 0 spiro atoms. The number of hydrogen-bond acceptors (Lipinski definition) is 4. The van der Waals surface area contributed by atoms with E-state index in [1.807, 2.05) is 6.07 Å². The summed E-state index contributed by atoms with van der Waals surface area (Å²) in [5.74, 6) is 0.305. The van der Waals surface area contributed by atoms with Crippen molar-refractivity contribution < 1.29 is 4.39 Å². The maximum Gasteiger partial charge on any atom is 0.271 e. The lowest BCUT2D eigenvalue weighted by Crippen LogP contribution is -2.23. The van der Waals surface area contributed by atoms with E-state index in [2.05, 4.69) is 15.3 Å². The quantitative estimate of drug-likeness (QED) is 0.909. The lowest BCUT2D eigenvalue weighted by Gasteiger charge is -2.14. The van der Waals surface area contributed by atoms with E-state index in [-0.39, 0.29) is 23.8 Å². The maximum atomic E-state index is 13.8. The molecule has 2 aromatic rings. The van der Waals surface area contributed by atoms with Gasteiger partial charge in [-0.3, -0.25) is 4.79 Å². The van der Waals surface area contributed by atoms with Gasteiger partial charge in [0.2, 0.25) is 0 Å². The number of aromatic nitrogens is 2. The van der Waals surface area contributed by atoms with Gasteiger partial charge in [0.1, 0.15) is 17.7 Å². The van der Waals surface area contributed by atoms with Gasteiger partial charge >= 0.3 is 0 Å².